The molecule has 0 spiro atoms. The van der Waals surface area contributed by atoms with E-state index in [1.165, 1.54) is 18.4 Å². The number of nitrogens with two attached hydrogens (primary N) is 1. The molecule has 0 amide bonds. The Hall–Kier alpha value is -1.27. The lowest BCUT2D eigenvalue weighted by atomic mass is 10.2. The molecule has 2 atom stereocenters. The molecule has 1 fully saturated rings. The first-order chi connectivity index (χ1) is 8.87. The summed E-state index contributed by atoms with van der Waals surface area (Å²) in [5, 5.41) is 3.33. The maximum Gasteiger partial charge on any atom is 0.244 e. The molecular weight excluding hydrogens is 262 g/mol. The number of nitrogens with zero attached hydrogens (tertiary/aromatic N) is 1. The van der Waals surface area contributed by atoms with Crippen LogP contribution in [0.4, 0.5) is 11.4 Å². The van der Waals surface area contributed by atoms with E-state index in [1.54, 1.807) is 12.1 Å². The number of sulfonamides is 1. The van der Waals surface area contributed by atoms with Crippen LogP contribution < -0.4 is 11.1 Å². The average Bonchev–Trinajstić information content (AvgIpc) is 3.10. The van der Waals surface area contributed by atoms with Crippen molar-refractivity contribution in [1.82, 2.24) is 4.31 Å². The second-order valence-electron chi connectivity index (χ2n) is 5.16. The zero-order valence-corrected chi connectivity index (χ0v) is 12.4. The third-order valence-electron chi connectivity index (χ3n) is 3.61. The molecule has 2 unspecified atom stereocenters. The van der Waals surface area contributed by atoms with Gasteiger partial charge in [-0.05, 0) is 24.5 Å². The molecule has 0 aliphatic heterocycles. The average molecular weight is 283 g/mol. The molecule has 0 radical (unpaired) electrons. The van der Waals surface area contributed by atoms with Gasteiger partial charge in [-0.3, -0.25) is 0 Å². The fourth-order valence-corrected chi connectivity index (χ4v) is 3.20. The molecule has 19 heavy (non-hydrogen) atoms. The Balaban J connectivity index is 2.29. The molecule has 0 aromatic heterocycles. The van der Waals surface area contributed by atoms with Gasteiger partial charge in [0.15, 0.2) is 0 Å². The molecule has 1 aliphatic carbocycles. The Morgan fingerprint density at radius 1 is 1.42 bits per heavy atom. The summed E-state index contributed by atoms with van der Waals surface area (Å²) in [5.41, 5.74) is 7.02. The highest BCUT2D eigenvalue weighted by Crippen LogP contribution is 2.38. The molecule has 2 rings (SSSR count). The summed E-state index contributed by atoms with van der Waals surface area (Å²) in [6.45, 7) is 2.16. The molecule has 5 nitrogen and oxygen atoms in total. The van der Waals surface area contributed by atoms with Gasteiger partial charge in [-0.2, -0.15) is 0 Å². The largest absolute Gasteiger partial charge is 0.396 e. The minimum absolute atomic E-state index is 0.163. The Morgan fingerprint density at radius 2 is 2.11 bits per heavy atom. The summed E-state index contributed by atoms with van der Waals surface area (Å²) >= 11 is 0. The van der Waals surface area contributed by atoms with Crippen LogP contribution in [0.3, 0.4) is 0 Å². The Morgan fingerprint density at radius 3 is 2.63 bits per heavy atom. The first-order valence-electron chi connectivity index (χ1n) is 6.45. The molecule has 0 heterocycles. The first kappa shape index (κ1) is 14.1. The van der Waals surface area contributed by atoms with Gasteiger partial charge in [-0.1, -0.05) is 19.4 Å². The Bertz CT molecular complexity index is 569. The van der Waals surface area contributed by atoms with Gasteiger partial charge >= 0.3 is 0 Å². The van der Waals surface area contributed by atoms with E-state index in [9.17, 15) is 8.42 Å². The first-order valence-corrected chi connectivity index (χ1v) is 7.89. The van der Waals surface area contributed by atoms with Crippen molar-refractivity contribution in [1.29, 1.82) is 0 Å². The summed E-state index contributed by atoms with van der Waals surface area (Å²) in [4.78, 5) is 0.163. The number of benzene rings is 1. The van der Waals surface area contributed by atoms with Crippen molar-refractivity contribution in [3.63, 3.8) is 0 Å². The highest BCUT2D eigenvalue weighted by molar-refractivity contribution is 7.89. The predicted octanol–water partition coefficient (Wildman–Crippen LogP) is 1.73. The molecule has 1 aromatic carbocycles. The standard InChI is InChI=1S/C13H21N3O2S/c1-4-9-8-11(9)15-10-6-5-7-12(13(10)14)19(17,18)16(2)3/h5-7,9,11,15H,4,8,14H2,1-3H3. The summed E-state index contributed by atoms with van der Waals surface area (Å²) in [5.74, 6) is 0.675. The fourth-order valence-electron chi connectivity index (χ4n) is 2.17. The van der Waals surface area contributed by atoms with E-state index in [-0.39, 0.29) is 4.90 Å². The summed E-state index contributed by atoms with van der Waals surface area (Å²) in [7, 11) is -0.490. The molecule has 1 aromatic rings. The number of nitrogens with one attached hydrogen (secondary N) is 1. The second kappa shape index (κ2) is 5.02. The highest BCUT2D eigenvalue weighted by Gasteiger charge is 2.35. The van der Waals surface area contributed by atoms with Crippen LogP contribution in [-0.2, 0) is 10.0 Å². The van der Waals surface area contributed by atoms with Gasteiger partial charge < -0.3 is 11.1 Å². The molecule has 106 valence electrons. The van der Waals surface area contributed by atoms with Crippen molar-refractivity contribution in [3.05, 3.63) is 18.2 Å². The lowest BCUT2D eigenvalue weighted by Crippen LogP contribution is -2.23. The van der Waals surface area contributed by atoms with Crippen LogP contribution in [-0.4, -0.2) is 32.9 Å². The zero-order valence-electron chi connectivity index (χ0n) is 11.6. The van der Waals surface area contributed by atoms with E-state index in [0.717, 1.165) is 12.8 Å². The van der Waals surface area contributed by atoms with E-state index in [1.807, 2.05) is 6.07 Å². The smallest absolute Gasteiger partial charge is 0.244 e. The second-order valence-corrected chi connectivity index (χ2v) is 7.28. The lowest BCUT2D eigenvalue weighted by molar-refractivity contribution is 0.521. The number of nitrogen functional groups attached to an aromatic ring is 1. The SMILES string of the molecule is CCC1CC1Nc1cccc(S(=O)(=O)N(C)C)c1N. The van der Waals surface area contributed by atoms with Gasteiger partial charge in [-0.25, -0.2) is 12.7 Å². The summed E-state index contributed by atoms with van der Waals surface area (Å²) in [6.07, 6.45) is 2.26. The minimum Gasteiger partial charge on any atom is -0.396 e. The van der Waals surface area contributed by atoms with Gasteiger partial charge in [0.1, 0.15) is 4.90 Å². The Kier molecular flexibility index (Phi) is 3.73. The molecule has 6 heteroatoms. The van der Waals surface area contributed by atoms with Crippen LogP contribution in [0.1, 0.15) is 19.8 Å². The van der Waals surface area contributed by atoms with E-state index in [4.69, 9.17) is 5.73 Å². The number of para-hydroxylation sites is 1. The van der Waals surface area contributed by atoms with Crippen molar-refractivity contribution in [2.45, 2.75) is 30.7 Å². The maximum atomic E-state index is 12.1. The molecule has 0 saturated heterocycles. The monoisotopic (exact) mass is 283 g/mol. The molecule has 1 saturated carbocycles. The maximum absolute atomic E-state index is 12.1. The number of anilines is 2. The fraction of sp³-hybridized carbons (Fsp3) is 0.538. The van der Waals surface area contributed by atoms with Crippen molar-refractivity contribution < 1.29 is 8.42 Å². The number of rotatable bonds is 5. The van der Waals surface area contributed by atoms with Crippen LogP contribution in [0.15, 0.2) is 23.1 Å². The molecule has 0 bridgehead atoms. The molecule has 1 aliphatic rings. The predicted molar refractivity (Wildman–Crippen MR) is 77.5 cm³/mol. The third-order valence-corrected chi connectivity index (χ3v) is 5.49. The van der Waals surface area contributed by atoms with Crippen LogP contribution in [0, 0.1) is 5.92 Å². The minimum atomic E-state index is -3.50. The van der Waals surface area contributed by atoms with E-state index >= 15 is 0 Å². The lowest BCUT2D eigenvalue weighted by Gasteiger charge is -2.16. The molecule has 3 N–H and O–H groups in total. The van der Waals surface area contributed by atoms with Crippen LogP contribution in [0.25, 0.3) is 0 Å². The zero-order chi connectivity index (χ0) is 14.2. The van der Waals surface area contributed by atoms with Gasteiger partial charge in [0.25, 0.3) is 0 Å². The quantitative estimate of drug-likeness (QED) is 0.807. The highest BCUT2D eigenvalue weighted by atomic mass is 32.2. The number of hydrogen-bond donors (Lipinski definition) is 2. The van der Waals surface area contributed by atoms with E-state index < -0.39 is 10.0 Å². The van der Waals surface area contributed by atoms with Crippen molar-refractivity contribution >= 4 is 21.4 Å². The Labute approximate surface area is 114 Å². The van der Waals surface area contributed by atoms with Gasteiger partial charge in [0, 0.05) is 20.1 Å². The molecular formula is C13H21N3O2S. The van der Waals surface area contributed by atoms with Crippen molar-refractivity contribution in [2.75, 3.05) is 25.1 Å². The third kappa shape index (κ3) is 2.69. The van der Waals surface area contributed by atoms with Gasteiger partial charge in [-0.15, -0.1) is 0 Å². The van der Waals surface area contributed by atoms with Crippen LogP contribution in [0.2, 0.25) is 0 Å². The summed E-state index contributed by atoms with van der Waals surface area (Å²) < 4.78 is 25.5. The van der Waals surface area contributed by atoms with Gasteiger partial charge in [0.05, 0.1) is 11.4 Å². The topological polar surface area (TPSA) is 75.4 Å². The van der Waals surface area contributed by atoms with Crippen LogP contribution in [0.5, 0.6) is 0 Å². The normalized spacial score (nSPS) is 22.5. The van der Waals surface area contributed by atoms with Gasteiger partial charge in [0.2, 0.25) is 10.0 Å². The van der Waals surface area contributed by atoms with E-state index in [0.29, 0.717) is 23.3 Å². The summed E-state index contributed by atoms with van der Waals surface area (Å²) in [6, 6.07) is 5.51. The number of hydrogen-bond acceptors (Lipinski definition) is 4. The van der Waals surface area contributed by atoms with Crippen molar-refractivity contribution in [2.24, 2.45) is 5.92 Å². The van der Waals surface area contributed by atoms with Crippen LogP contribution >= 0.6 is 0 Å². The van der Waals surface area contributed by atoms with E-state index in [2.05, 4.69) is 12.2 Å². The van der Waals surface area contributed by atoms with Crippen molar-refractivity contribution in [3.8, 4) is 0 Å².